The molecule has 0 aliphatic rings. The van der Waals surface area contributed by atoms with Crippen LogP contribution in [-0.4, -0.2) is 18.0 Å². The van der Waals surface area contributed by atoms with Gasteiger partial charge in [-0.15, -0.1) is 11.8 Å². The highest BCUT2D eigenvalue weighted by molar-refractivity contribution is 7.98. The molecule has 0 bridgehead atoms. The standard InChI is InChI=1S/C12H16OS/c1-3-10(8-9-13)11-4-6-12(14-2)7-5-11/h3-7,13H,8-9H2,1-2H3/b10-3+. The van der Waals surface area contributed by atoms with Gasteiger partial charge >= 0.3 is 0 Å². The summed E-state index contributed by atoms with van der Waals surface area (Å²) in [6.45, 7) is 2.22. The van der Waals surface area contributed by atoms with E-state index in [1.165, 1.54) is 16.0 Å². The van der Waals surface area contributed by atoms with Crippen molar-refractivity contribution in [2.24, 2.45) is 0 Å². The fraction of sp³-hybridized carbons (Fsp3) is 0.333. The van der Waals surface area contributed by atoms with Crippen LogP contribution in [0.5, 0.6) is 0 Å². The van der Waals surface area contributed by atoms with Crippen LogP contribution in [0.3, 0.4) is 0 Å². The summed E-state index contributed by atoms with van der Waals surface area (Å²) in [5.74, 6) is 0. The van der Waals surface area contributed by atoms with E-state index < -0.39 is 0 Å². The number of hydrogen-bond acceptors (Lipinski definition) is 2. The van der Waals surface area contributed by atoms with Crippen LogP contribution in [0.4, 0.5) is 0 Å². The molecule has 0 aromatic heterocycles. The number of benzene rings is 1. The predicted molar refractivity (Wildman–Crippen MR) is 63.6 cm³/mol. The van der Waals surface area contributed by atoms with Gasteiger partial charge in [0, 0.05) is 11.5 Å². The van der Waals surface area contributed by atoms with E-state index in [0.29, 0.717) is 0 Å². The van der Waals surface area contributed by atoms with E-state index in [1.54, 1.807) is 11.8 Å². The highest BCUT2D eigenvalue weighted by Gasteiger charge is 1.99. The monoisotopic (exact) mass is 208 g/mol. The highest BCUT2D eigenvalue weighted by Crippen LogP contribution is 2.21. The summed E-state index contributed by atoms with van der Waals surface area (Å²) >= 11 is 1.74. The minimum Gasteiger partial charge on any atom is -0.396 e. The molecule has 0 unspecified atom stereocenters. The molecule has 1 aromatic carbocycles. The van der Waals surface area contributed by atoms with Crippen molar-refractivity contribution < 1.29 is 5.11 Å². The minimum atomic E-state index is 0.212. The second kappa shape index (κ2) is 5.89. The largest absolute Gasteiger partial charge is 0.396 e. The first-order chi connectivity index (χ1) is 6.81. The first-order valence-corrected chi connectivity index (χ1v) is 5.94. The summed E-state index contributed by atoms with van der Waals surface area (Å²) < 4.78 is 0. The average molecular weight is 208 g/mol. The number of aliphatic hydroxyl groups is 1. The molecule has 0 heterocycles. The van der Waals surface area contributed by atoms with Crippen molar-refractivity contribution >= 4 is 17.3 Å². The van der Waals surface area contributed by atoms with Crippen LogP contribution in [0.25, 0.3) is 5.57 Å². The second-order valence-electron chi connectivity index (χ2n) is 3.02. The third kappa shape index (κ3) is 2.89. The van der Waals surface area contributed by atoms with Gasteiger partial charge in [-0.25, -0.2) is 0 Å². The molecule has 0 spiro atoms. The van der Waals surface area contributed by atoms with Gasteiger partial charge in [-0.2, -0.15) is 0 Å². The van der Waals surface area contributed by atoms with Crippen molar-refractivity contribution in [2.45, 2.75) is 18.2 Å². The van der Waals surface area contributed by atoms with E-state index in [4.69, 9.17) is 5.11 Å². The van der Waals surface area contributed by atoms with Crippen LogP contribution in [0, 0.1) is 0 Å². The molecule has 0 fully saturated rings. The van der Waals surface area contributed by atoms with Gasteiger partial charge in [-0.05, 0) is 42.9 Å². The Morgan fingerprint density at radius 1 is 1.36 bits per heavy atom. The van der Waals surface area contributed by atoms with Crippen molar-refractivity contribution in [3.05, 3.63) is 35.9 Å². The second-order valence-corrected chi connectivity index (χ2v) is 3.90. The summed E-state index contributed by atoms with van der Waals surface area (Å²) in [5, 5.41) is 8.88. The Bertz CT molecular complexity index is 301. The molecule has 1 aromatic rings. The highest BCUT2D eigenvalue weighted by atomic mass is 32.2. The molecule has 76 valence electrons. The van der Waals surface area contributed by atoms with Crippen molar-refractivity contribution in [1.29, 1.82) is 0 Å². The Labute approximate surface area is 89.8 Å². The number of aliphatic hydroxyl groups excluding tert-OH is 1. The van der Waals surface area contributed by atoms with Crippen molar-refractivity contribution in [3.63, 3.8) is 0 Å². The number of allylic oxidation sites excluding steroid dienone is 1. The fourth-order valence-electron chi connectivity index (χ4n) is 1.38. The van der Waals surface area contributed by atoms with Crippen molar-refractivity contribution in [2.75, 3.05) is 12.9 Å². The van der Waals surface area contributed by atoms with Crippen molar-refractivity contribution in [3.8, 4) is 0 Å². The number of rotatable bonds is 4. The molecule has 0 atom stereocenters. The van der Waals surface area contributed by atoms with E-state index in [0.717, 1.165) is 6.42 Å². The first kappa shape index (κ1) is 11.3. The van der Waals surface area contributed by atoms with Gasteiger partial charge in [-0.1, -0.05) is 18.2 Å². The number of hydrogen-bond donors (Lipinski definition) is 1. The Morgan fingerprint density at radius 3 is 2.43 bits per heavy atom. The van der Waals surface area contributed by atoms with Gasteiger partial charge in [0.15, 0.2) is 0 Å². The van der Waals surface area contributed by atoms with Crippen molar-refractivity contribution in [1.82, 2.24) is 0 Å². The van der Waals surface area contributed by atoms with E-state index in [9.17, 15) is 0 Å². The fourth-order valence-corrected chi connectivity index (χ4v) is 1.79. The predicted octanol–water partition coefficient (Wildman–Crippen LogP) is 3.19. The molecular formula is C12H16OS. The molecule has 0 radical (unpaired) electrons. The molecule has 14 heavy (non-hydrogen) atoms. The summed E-state index contributed by atoms with van der Waals surface area (Å²) in [7, 11) is 0. The summed E-state index contributed by atoms with van der Waals surface area (Å²) in [5.41, 5.74) is 2.42. The lowest BCUT2D eigenvalue weighted by Gasteiger charge is -2.05. The molecule has 2 heteroatoms. The third-order valence-electron chi connectivity index (χ3n) is 2.19. The van der Waals surface area contributed by atoms with E-state index in [-0.39, 0.29) is 6.61 Å². The van der Waals surface area contributed by atoms with Gasteiger partial charge < -0.3 is 5.11 Å². The van der Waals surface area contributed by atoms with Crippen LogP contribution < -0.4 is 0 Å². The smallest absolute Gasteiger partial charge is 0.0471 e. The van der Waals surface area contributed by atoms with E-state index >= 15 is 0 Å². The lowest BCUT2D eigenvalue weighted by Crippen LogP contribution is -1.88. The van der Waals surface area contributed by atoms with E-state index in [1.807, 2.05) is 6.92 Å². The Hall–Kier alpha value is -0.730. The molecule has 0 saturated heterocycles. The third-order valence-corrected chi connectivity index (χ3v) is 2.93. The molecule has 1 nitrogen and oxygen atoms in total. The van der Waals surface area contributed by atoms with Crippen LogP contribution in [0.1, 0.15) is 18.9 Å². The van der Waals surface area contributed by atoms with Crippen LogP contribution in [0.15, 0.2) is 35.2 Å². The van der Waals surface area contributed by atoms with Gasteiger partial charge in [0.25, 0.3) is 0 Å². The zero-order chi connectivity index (χ0) is 10.4. The average Bonchev–Trinajstić information content (AvgIpc) is 2.26. The summed E-state index contributed by atoms with van der Waals surface area (Å²) in [6, 6.07) is 8.44. The maximum absolute atomic E-state index is 8.88. The Kier molecular flexibility index (Phi) is 4.77. The van der Waals surface area contributed by atoms with Gasteiger partial charge in [-0.3, -0.25) is 0 Å². The Morgan fingerprint density at radius 2 is 2.00 bits per heavy atom. The lowest BCUT2D eigenvalue weighted by atomic mass is 10.0. The summed E-state index contributed by atoms with van der Waals surface area (Å²) in [6.07, 6.45) is 4.86. The van der Waals surface area contributed by atoms with Gasteiger partial charge in [0.05, 0.1) is 0 Å². The molecule has 1 rings (SSSR count). The zero-order valence-electron chi connectivity index (χ0n) is 8.66. The maximum Gasteiger partial charge on any atom is 0.0471 e. The SMILES string of the molecule is C/C=C(\CCO)c1ccc(SC)cc1. The maximum atomic E-state index is 8.88. The molecule has 1 N–H and O–H groups in total. The van der Waals surface area contributed by atoms with Crippen LogP contribution in [0.2, 0.25) is 0 Å². The number of thioether (sulfide) groups is 1. The molecule has 0 aliphatic carbocycles. The Balaban J connectivity index is 2.84. The van der Waals surface area contributed by atoms with Gasteiger partial charge in [0.1, 0.15) is 0 Å². The van der Waals surface area contributed by atoms with Crippen LogP contribution >= 0.6 is 11.8 Å². The molecule has 0 amide bonds. The summed E-state index contributed by atoms with van der Waals surface area (Å²) in [4.78, 5) is 1.27. The lowest BCUT2D eigenvalue weighted by molar-refractivity contribution is 0.305. The minimum absolute atomic E-state index is 0.212. The van der Waals surface area contributed by atoms with Crippen LogP contribution in [-0.2, 0) is 0 Å². The topological polar surface area (TPSA) is 20.2 Å². The van der Waals surface area contributed by atoms with Gasteiger partial charge in [0.2, 0.25) is 0 Å². The first-order valence-electron chi connectivity index (χ1n) is 4.72. The zero-order valence-corrected chi connectivity index (χ0v) is 9.47. The normalized spacial score (nSPS) is 11.8. The van der Waals surface area contributed by atoms with E-state index in [2.05, 4.69) is 36.6 Å². The quantitative estimate of drug-likeness (QED) is 0.767. The molecule has 0 saturated carbocycles. The molecule has 0 aliphatic heterocycles. The molecular weight excluding hydrogens is 192 g/mol.